The lowest BCUT2D eigenvalue weighted by atomic mass is 10.3. The number of thioether (sulfide) groups is 1. The molecule has 0 radical (unpaired) electrons. The number of H-pyrrole nitrogens is 1. The van der Waals surface area contributed by atoms with Crippen molar-refractivity contribution < 1.29 is 9.18 Å². The van der Waals surface area contributed by atoms with Crippen LogP contribution in [0.3, 0.4) is 0 Å². The fourth-order valence-corrected chi connectivity index (χ4v) is 2.52. The second-order valence-electron chi connectivity index (χ2n) is 4.15. The van der Waals surface area contributed by atoms with Crippen molar-refractivity contribution in [2.75, 3.05) is 5.75 Å². The molecule has 3 rings (SSSR count). The summed E-state index contributed by atoms with van der Waals surface area (Å²) in [7, 11) is 0. The molecular weight excluding hydrogens is 293 g/mol. The van der Waals surface area contributed by atoms with Gasteiger partial charge in [-0.3, -0.25) is 4.79 Å². The second kappa shape index (κ2) is 5.88. The van der Waals surface area contributed by atoms with Crippen LogP contribution in [0.2, 0.25) is 0 Å². The number of rotatable bonds is 5. The van der Waals surface area contributed by atoms with E-state index in [0.717, 1.165) is 0 Å². The average Bonchev–Trinajstić information content (AvgIpc) is 3.16. The van der Waals surface area contributed by atoms with E-state index in [2.05, 4.69) is 20.5 Å². The minimum Gasteiger partial charge on any atom is -0.359 e. The molecule has 2 heterocycles. The summed E-state index contributed by atoms with van der Waals surface area (Å²) >= 11 is 1.20. The van der Waals surface area contributed by atoms with Crippen LogP contribution in [0.4, 0.5) is 4.39 Å². The van der Waals surface area contributed by atoms with Gasteiger partial charge in [-0.05, 0) is 40.8 Å². The standard InChI is InChI=1S/C13H10FN5OS/c14-9-3-1-4-10(7-9)19-13(16-17-18-19)21-8-12(20)11-5-2-6-15-11/h1-7,15H,8H2. The Balaban J connectivity index is 1.76. The van der Waals surface area contributed by atoms with Gasteiger partial charge in [0.05, 0.1) is 17.1 Å². The van der Waals surface area contributed by atoms with E-state index in [1.54, 1.807) is 30.5 Å². The number of benzene rings is 1. The molecule has 0 saturated heterocycles. The number of tetrazole rings is 1. The summed E-state index contributed by atoms with van der Waals surface area (Å²) in [5.41, 5.74) is 1.04. The Labute approximate surface area is 123 Å². The van der Waals surface area contributed by atoms with E-state index in [1.807, 2.05) is 0 Å². The van der Waals surface area contributed by atoms with Crippen molar-refractivity contribution in [2.45, 2.75) is 5.16 Å². The van der Waals surface area contributed by atoms with Crippen molar-refractivity contribution in [3.8, 4) is 5.69 Å². The van der Waals surface area contributed by atoms with Crippen LogP contribution in [0.1, 0.15) is 10.5 Å². The van der Waals surface area contributed by atoms with Gasteiger partial charge in [0.2, 0.25) is 5.16 Å². The quantitative estimate of drug-likeness (QED) is 0.577. The van der Waals surface area contributed by atoms with Gasteiger partial charge in [-0.25, -0.2) is 4.39 Å². The molecule has 0 saturated carbocycles. The van der Waals surface area contributed by atoms with Crippen molar-refractivity contribution in [3.05, 3.63) is 54.1 Å². The first-order valence-corrected chi connectivity index (χ1v) is 7.06. The van der Waals surface area contributed by atoms with Gasteiger partial charge < -0.3 is 4.98 Å². The fraction of sp³-hybridized carbons (Fsp3) is 0.0769. The van der Waals surface area contributed by atoms with Gasteiger partial charge in [0.25, 0.3) is 0 Å². The fourth-order valence-electron chi connectivity index (χ4n) is 1.75. The summed E-state index contributed by atoms with van der Waals surface area (Å²) in [6.45, 7) is 0. The normalized spacial score (nSPS) is 10.7. The average molecular weight is 303 g/mol. The molecule has 0 spiro atoms. The minimum atomic E-state index is -0.374. The minimum absolute atomic E-state index is 0.0567. The van der Waals surface area contributed by atoms with E-state index in [0.29, 0.717) is 16.5 Å². The van der Waals surface area contributed by atoms with Crippen LogP contribution in [-0.2, 0) is 0 Å². The van der Waals surface area contributed by atoms with Crippen molar-refractivity contribution in [3.63, 3.8) is 0 Å². The zero-order chi connectivity index (χ0) is 14.7. The molecule has 2 aromatic heterocycles. The monoisotopic (exact) mass is 303 g/mol. The molecule has 0 unspecified atom stereocenters. The van der Waals surface area contributed by atoms with E-state index >= 15 is 0 Å². The maximum Gasteiger partial charge on any atom is 0.214 e. The van der Waals surface area contributed by atoms with Crippen LogP contribution in [0.5, 0.6) is 0 Å². The Kier molecular flexibility index (Phi) is 3.78. The summed E-state index contributed by atoms with van der Waals surface area (Å²) in [4.78, 5) is 14.8. The molecule has 6 nitrogen and oxygen atoms in total. The van der Waals surface area contributed by atoms with Gasteiger partial charge in [0.15, 0.2) is 5.78 Å². The Bertz CT molecular complexity index is 756. The first kappa shape index (κ1) is 13.5. The van der Waals surface area contributed by atoms with Gasteiger partial charge in [-0.2, -0.15) is 4.68 Å². The van der Waals surface area contributed by atoms with Gasteiger partial charge in [0.1, 0.15) is 5.82 Å². The van der Waals surface area contributed by atoms with E-state index < -0.39 is 0 Å². The van der Waals surface area contributed by atoms with Gasteiger partial charge >= 0.3 is 0 Å². The number of ketones is 1. The molecular formula is C13H10FN5OS. The summed E-state index contributed by atoms with van der Waals surface area (Å²) < 4.78 is 14.6. The van der Waals surface area contributed by atoms with Gasteiger partial charge in [-0.1, -0.05) is 17.8 Å². The lowest BCUT2D eigenvalue weighted by molar-refractivity contribution is 0.101. The molecule has 21 heavy (non-hydrogen) atoms. The van der Waals surface area contributed by atoms with Crippen molar-refractivity contribution in [2.24, 2.45) is 0 Å². The number of aromatic nitrogens is 5. The largest absolute Gasteiger partial charge is 0.359 e. The lowest BCUT2D eigenvalue weighted by Crippen LogP contribution is -2.05. The van der Waals surface area contributed by atoms with Crippen LogP contribution >= 0.6 is 11.8 Å². The molecule has 8 heteroatoms. The summed E-state index contributed by atoms with van der Waals surface area (Å²) in [6.07, 6.45) is 1.69. The Morgan fingerprint density at radius 2 is 2.24 bits per heavy atom. The Morgan fingerprint density at radius 1 is 1.33 bits per heavy atom. The number of hydrogen-bond donors (Lipinski definition) is 1. The third-order valence-corrected chi connectivity index (χ3v) is 3.64. The van der Waals surface area contributed by atoms with E-state index in [4.69, 9.17) is 0 Å². The molecule has 0 atom stereocenters. The summed E-state index contributed by atoms with van der Waals surface area (Å²) in [6, 6.07) is 9.40. The first-order valence-electron chi connectivity index (χ1n) is 6.08. The van der Waals surface area contributed by atoms with Crippen LogP contribution in [0, 0.1) is 5.82 Å². The highest BCUT2D eigenvalue weighted by atomic mass is 32.2. The lowest BCUT2D eigenvalue weighted by Gasteiger charge is -2.03. The molecule has 0 bridgehead atoms. The second-order valence-corrected chi connectivity index (χ2v) is 5.09. The number of carbonyl (C=O) groups is 1. The molecule has 0 amide bonds. The predicted molar refractivity (Wildman–Crippen MR) is 75.0 cm³/mol. The molecule has 0 aliphatic rings. The van der Waals surface area contributed by atoms with E-state index in [1.165, 1.54) is 28.6 Å². The molecule has 1 aromatic carbocycles. The molecule has 3 aromatic rings. The highest BCUT2D eigenvalue weighted by molar-refractivity contribution is 7.99. The van der Waals surface area contributed by atoms with Gasteiger partial charge in [0, 0.05) is 6.20 Å². The molecule has 106 valence electrons. The number of halogens is 1. The third-order valence-electron chi connectivity index (χ3n) is 2.72. The molecule has 0 aliphatic carbocycles. The highest BCUT2D eigenvalue weighted by Gasteiger charge is 2.13. The predicted octanol–water partition coefficient (Wildman–Crippen LogP) is 2.10. The van der Waals surface area contributed by atoms with Gasteiger partial charge in [-0.15, -0.1) is 5.10 Å². The highest BCUT2D eigenvalue weighted by Crippen LogP contribution is 2.19. The zero-order valence-electron chi connectivity index (χ0n) is 10.7. The van der Waals surface area contributed by atoms with Crippen molar-refractivity contribution in [1.82, 2.24) is 25.2 Å². The Hall–Kier alpha value is -2.48. The van der Waals surface area contributed by atoms with Crippen molar-refractivity contribution >= 4 is 17.5 Å². The number of Topliss-reactive ketones (excluding diaryl/α,β-unsaturated/α-hetero) is 1. The number of aromatic amines is 1. The van der Waals surface area contributed by atoms with Crippen LogP contribution in [0.25, 0.3) is 5.69 Å². The van der Waals surface area contributed by atoms with E-state index in [-0.39, 0.29) is 17.4 Å². The zero-order valence-corrected chi connectivity index (χ0v) is 11.5. The van der Waals surface area contributed by atoms with Crippen LogP contribution < -0.4 is 0 Å². The maximum absolute atomic E-state index is 13.2. The maximum atomic E-state index is 13.2. The van der Waals surface area contributed by atoms with Crippen LogP contribution in [0.15, 0.2) is 47.8 Å². The summed E-state index contributed by atoms with van der Waals surface area (Å²) in [5.74, 6) is -0.240. The topological polar surface area (TPSA) is 76.5 Å². The van der Waals surface area contributed by atoms with Crippen molar-refractivity contribution in [1.29, 1.82) is 0 Å². The number of hydrogen-bond acceptors (Lipinski definition) is 5. The SMILES string of the molecule is O=C(CSc1nnnn1-c1cccc(F)c1)c1ccc[nH]1. The third kappa shape index (κ3) is 3.00. The van der Waals surface area contributed by atoms with E-state index in [9.17, 15) is 9.18 Å². The number of nitrogens with zero attached hydrogens (tertiary/aromatic N) is 4. The number of carbonyl (C=O) groups excluding carboxylic acids is 1. The smallest absolute Gasteiger partial charge is 0.214 e. The number of nitrogens with one attached hydrogen (secondary N) is 1. The molecule has 1 N–H and O–H groups in total. The summed E-state index contributed by atoms with van der Waals surface area (Å²) in [5, 5.41) is 11.7. The Morgan fingerprint density at radius 3 is 3.00 bits per heavy atom. The van der Waals surface area contributed by atoms with Crippen LogP contribution in [-0.4, -0.2) is 36.7 Å². The molecule has 0 fully saturated rings. The molecule has 0 aliphatic heterocycles. The first-order chi connectivity index (χ1) is 10.2.